The lowest BCUT2D eigenvalue weighted by atomic mass is 10.1. The van der Waals surface area contributed by atoms with Gasteiger partial charge in [0.15, 0.2) is 0 Å². The van der Waals surface area contributed by atoms with Crippen LogP contribution in [0.5, 0.6) is 0 Å². The zero-order valence-corrected chi connectivity index (χ0v) is 7.40. The molecule has 1 rings (SSSR count). The molecule has 0 spiro atoms. The minimum atomic E-state index is -0.823. The third-order valence-electron chi connectivity index (χ3n) is 2.35. The molecular formula is C8H14N2O3. The van der Waals surface area contributed by atoms with Gasteiger partial charge in [0.1, 0.15) is 0 Å². The van der Waals surface area contributed by atoms with Crippen molar-refractivity contribution in [2.75, 3.05) is 6.54 Å². The van der Waals surface area contributed by atoms with Gasteiger partial charge in [-0.2, -0.15) is 0 Å². The molecule has 0 radical (unpaired) electrons. The highest BCUT2D eigenvalue weighted by Gasteiger charge is 2.27. The summed E-state index contributed by atoms with van der Waals surface area (Å²) in [5, 5.41) is 8.46. The zero-order chi connectivity index (χ0) is 9.84. The van der Waals surface area contributed by atoms with Crippen molar-refractivity contribution in [2.24, 2.45) is 5.73 Å². The number of nitrogens with two attached hydrogens (primary N) is 1. The first kappa shape index (κ1) is 9.83. The number of urea groups is 1. The Morgan fingerprint density at radius 2 is 2.23 bits per heavy atom. The summed E-state index contributed by atoms with van der Waals surface area (Å²) in [7, 11) is 0. The van der Waals surface area contributed by atoms with Crippen molar-refractivity contribution in [3.63, 3.8) is 0 Å². The number of hydrogen-bond acceptors (Lipinski definition) is 2. The standard InChI is InChI=1S/C8H14N2O3/c9-8(13)10-5-1-2-6(10)3-4-7(11)12/h6H,1-5H2,(H2,9,13)(H,11,12). The molecule has 5 nitrogen and oxygen atoms in total. The van der Waals surface area contributed by atoms with Crippen LogP contribution in [-0.4, -0.2) is 34.6 Å². The number of carbonyl (C=O) groups excluding carboxylic acids is 1. The van der Waals surface area contributed by atoms with Crippen LogP contribution in [0.25, 0.3) is 0 Å². The number of nitrogens with zero attached hydrogens (tertiary/aromatic N) is 1. The fraction of sp³-hybridized carbons (Fsp3) is 0.750. The average Bonchev–Trinajstić information content (AvgIpc) is 2.47. The van der Waals surface area contributed by atoms with Gasteiger partial charge < -0.3 is 15.7 Å². The second-order valence-electron chi connectivity index (χ2n) is 3.26. The van der Waals surface area contributed by atoms with Crippen molar-refractivity contribution in [1.82, 2.24) is 4.90 Å². The van der Waals surface area contributed by atoms with Gasteiger partial charge in [0.25, 0.3) is 0 Å². The van der Waals surface area contributed by atoms with E-state index < -0.39 is 12.0 Å². The van der Waals surface area contributed by atoms with Crippen molar-refractivity contribution in [3.8, 4) is 0 Å². The van der Waals surface area contributed by atoms with Crippen molar-refractivity contribution < 1.29 is 14.7 Å². The predicted molar refractivity (Wildman–Crippen MR) is 46.2 cm³/mol. The summed E-state index contributed by atoms with van der Waals surface area (Å²) >= 11 is 0. The van der Waals surface area contributed by atoms with Crippen LogP contribution in [0.15, 0.2) is 0 Å². The Balaban J connectivity index is 2.39. The number of likely N-dealkylation sites (tertiary alicyclic amines) is 1. The minimum Gasteiger partial charge on any atom is -0.481 e. The summed E-state index contributed by atoms with van der Waals surface area (Å²) in [6.07, 6.45) is 2.41. The third kappa shape index (κ3) is 2.61. The van der Waals surface area contributed by atoms with Gasteiger partial charge in [0, 0.05) is 19.0 Å². The van der Waals surface area contributed by atoms with E-state index in [1.807, 2.05) is 0 Å². The fourth-order valence-electron chi connectivity index (χ4n) is 1.72. The van der Waals surface area contributed by atoms with Gasteiger partial charge in [-0.25, -0.2) is 4.79 Å². The maximum absolute atomic E-state index is 10.9. The number of rotatable bonds is 3. The van der Waals surface area contributed by atoms with Crippen LogP contribution in [-0.2, 0) is 4.79 Å². The smallest absolute Gasteiger partial charge is 0.315 e. The van der Waals surface area contributed by atoms with Gasteiger partial charge in [-0.3, -0.25) is 4.79 Å². The summed E-state index contributed by atoms with van der Waals surface area (Å²) in [6.45, 7) is 0.666. The highest BCUT2D eigenvalue weighted by atomic mass is 16.4. The normalized spacial score (nSPS) is 21.8. The molecule has 1 aliphatic heterocycles. The molecule has 1 unspecified atom stereocenters. The average molecular weight is 186 g/mol. The Bertz CT molecular complexity index is 217. The molecule has 1 atom stereocenters. The van der Waals surface area contributed by atoms with Crippen LogP contribution in [0.4, 0.5) is 4.79 Å². The van der Waals surface area contributed by atoms with Crippen LogP contribution in [0.2, 0.25) is 0 Å². The molecule has 0 aromatic heterocycles. The molecule has 0 bridgehead atoms. The van der Waals surface area contributed by atoms with Crippen molar-refractivity contribution in [1.29, 1.82) is 0 Å². The molecule has 13 heavy (non-hydrogen) atoms. The Morgan fingerprint density at radius 3 is 2.77 bits per heavy atom. The Hall–Kier alpha value is -1.26. The predicted octanol–water partition coefficient (Wildman–Crippen LogP) is 0.394. The molecule has 2 amide bonds. The number of primary amides is 1. The van der Waals surface area contributed by atoms with E-state index >= 15 is 0 Å². The van der Waals surface area contributed by atoms with Crippen molar-refractivity contribution in [2.45, 2.75) is 31.7 Å². The van der Waals surface area contributed by atoms with Gasteiger partial charge in [0.2, 0.25) is 0 Å². The zero-order valence-electron chi connectivity index (χ0n) is 7.40. The summed E-state index contributed by atoms with van der Waals surface area (Å²) in [5.74, 6) is -0.823. The highest BCUT2D eigenvalue weighted by molar-refractivity contribution is 5.73. The minimum absolute atomic E-state index is 0.0357. The number of carboxylic acid groups (broad SMARTS) is 1. The number of aliphatic carboxylic acids is 1. The lowest BCUT2D eigenvalue weighted by molar-refractivity contribution is -0.137. The van der Waals surface area contributed by atoms with Gasteiger partial charge in [-0.05, 0) is 19.3 Å². The Labute approximate surface area is 76.5 Å². The van der Waals surface area contributed by atoms with E-state index in [0.29, 0.717) is 13.0 Å². The van der Waals surface area contributed by atoms with E-state index in [1.165, 1.54) is 0 Å². The van der Waals surface area contributed by atoms with E-state index in [4.69, 9.17) is 10.8 Å². The maximum Gasteiger partial charge on any atom is 0.315 e. The number of hydrogen-bond donors (Lipinski definition) is 2. The molecule has 0 aliphatic carbocycles. The first-order chi connectivity index (χ1) is 6.11. The molecule has 1 heterocycles. The topological polar surface area (TPSA) is 83.6 Å². The number of carboxylic acids is 1. The molecule has 0 saturated carbocycles. The van der Waals surface area contributed by atoms with Crippen LogP contribution in [0.1, 0.15) is 25.7 Å². The van der Waals surface area contributed by atoms with E-state index in [-0.39, 0.29) is 12.5 Å². The summed E-state index contributed by atoms with van der Waals surface area (Å²) in [4.78, 5) is 22.7. The van der Waals surface area contributed by atoms with Crippen LogP contribution in [0.3, 0.4) is 0 Å². The van der Waals surface area contributed by atoms with Crippen LogP contribution < -0.4 is 5.73 Å². The molecule has 0 aromatic carbocycles. The van der Waals surface area contributed by atoms with Gasteiger partial charge in [0.05, 0.1) is 0 Å². The summed E-state index contributed by atoms with van der Waals surface area (Å²) in [5.41, 5.74) is 5.13. The maximum atomic E-state index is 10.9. The molecule has 3 N–H and O–H groups in total. The quantitative estimate of drug-likeness (QED) is 0.668. The third-order valence-corrected chi connectivity index (χ3v) is 2.35. The van der Waals surface area contributed by atoms with Gasteiger partial charge >= 0.3 is 12.0 Å². The van der Waals surface area contributed by atoms with E-state index in [2.05, 4.69) is 0 Å². The summed E-state index contributed by atoms with van der Waals surface area (Å²) < 4.78 is 0. The molecule has 1 fully saturated rings. The lowest BCUT2D eigenvalue weighted by Gasteiger charge is -2.21. The SMILES string of the molecule is NC(=O)N1CCCC1CCC(=O)O. The van der Waals surface area contributed by atoms with E-state index in [1.54, 1.807) is 4.90 Å². The molecule has 1 aliphatic rings. The second kappa shape index (κ2) is 4.11. The first-order valence-corrected chi connectivity index (χ1v) is 4.39. The Morgan fingerprint density at radius 1 is 1.54 bits per heavy atom. The van der Waals surface area contributed by atoms with Crippen molar-refractivity contribution >= 4 is 12.0 Å². The molecule has 5 heteroatoms. The number of carbonyl (C=O) groups is 2. The van der Waals surface area contributed by atoms with Crippen LogP contribution in [0, 0.1) is 0 Å². The Kier molecular flexibility index (Phi) is 3.11. The molecular weight excluding hydrogens is 172 g/mol. The van der Waals surface area contributed by atoms with Crippen LogP contribution >= 0.6 is 0 Å². The lowest BCUT2D eigenvalue weighted by Crippen LogP contribution is -2.39. The van der Waals surface area contributed by atoms with Gasteiger partial charge in [-0.15, -0.1) is 0 Å². The largest absolute Gasteiger partial charge is 0.481 e. The molecule has 0 aromatic rings. The monoisotopic (exact) mass is 186 g/mol. The second-order valence-corrected chi connectivity index (χ2v) is 3.26. The van der Waals surface area contributed by atoms with Crippen molar-refractivity contribution in [3.05, 3.63) is 0 Å². The van der Waals surface area contributed by atoms with E-state index in [9.17, 15) is 9.59 Å². The molecule has 1 saturated heterocycles. The van der Waals surface area contributed by atoms with E-state index in [0.717, 1.165) is 12.8 Å². The summed E-state index contributed by atoms with van der Waals surface area (Å²) in [6, 6.07) is -0.401. The molecule has 74 valence electrons. The number of amides is 2. The van der Waals surface area contributed by atoms with Gasteiger partial charge in [-0.1, -0.05) is 0 Å². The highest BCUT2D eigenvalue weighted by Crippen LogP contribution is 2.20. The fourth-order valence-corrected chi connectivity index (χ4v) is 1.72. The first-order valence-electron chi connectivity index (χ1n) is 4.39.